The van der Waals surface area contributed by atoms with Crippen molar-refractivity contribution in [2.45, 2.75) is 12.8 Å². The lowest BCUT2D eigenvalue weighted by molar-refractivity contribution is 0.0735. The van der Waals surface area contributed by atoms with Crippen molar-refractivity contribution in [1.82, 2.24) is 25.0 Å². The van der Waals surface area contributed by atoms with Gasteiger partial charge in [0.1, 0.15) is 6.33 Å². The summed E-state index contributed by atoms with van der Waals surface area (Å²) in [6.07, 6.45) is 3.67. The molecule has 2 rings (SSSR count). The molecule has 1 aromatic heterocycles. The number of carbonyl (C=O) groups is 1. The minimum Gasteiger partial charge on any atom is -0.339 e. The molecule has 0 saturated carbocycles. The van der Waals surface area contributed by atoms with E-state index in [0.717, 1.165) is 32.5 Å². The largest absolute Gasteiger partial charge is 0.339 e. The summed E-state index contributed by atoms with van der Waals surface area (Å²) in [6.45, 7) is 3.04. The zero-order valence-electron chi connectivity index (χ0n) is 10.4. The van der Waals surface area contributed by atoms with Crippen molar-refractivity contribution in [2.75, 3.05) is 33.7 Å². The molecule has 0 atom stereocenters. The summed E-state index contributed by atoms with van der Waals surface area (Å²) >= 11 is 0. The van der Waals surface area contributed by atoms with Crippen LogP contribution < -0.4 is 0 Å². The van der Waals surface area contributed by atoms with E-state index in [-0.39, 0.29) is 5.91 Å². The molecule has 17 heavy (non-hydrogen) atoms. The van der Waals surface area contributed by atoms with Gasteiger partial charge in [0.05, 0.1) is 0 Å². The first kappa shape index (κ1) is 12.0. The van der Waals surface area contributed by atoms with E-state index in [2.05, 4.69) is 27.1 Å². The van der Waals surface area contributed by atoms with Gasteiger partial charge in [-0.1, -0.05) is 0 Å². The first-order chi connectivity index (χ1) is 8.16. The average Bonchev–Trinajstić information content (AvgIpc) is 2.84. The quantitative estimate of drug-likeness (QED) is 0.816. The van der Waals surface area contributed by atoms with Crippen LogP contribution in [0.5, 0.6) is 0 Å². The van der Waals surface area contributed by atoms with Gasteiger partial charge in [-0.25, -0.2) is 4.98 Å². The van der Waals surface area contributed by atoms with Crippen molar-refractivity contribution in [1.29, 1.82) is 0 Å². The van der Waals surface area contributed by atoms with Crippen LogP contribution in [-0.4, -0.2) is 64.6 Å². The molecule has 0 radical (unpaired) electrons. The Bertz CT molecular complexity index is 356. The number of likely N-dealkylation sites (tertiary alicyclic amines) is 1. The molecular weight excluding hydrogens is 218 g/mol. The van der Waals surface area contributed by atoms with Gasteiger partial charge in [0.25, 0.3) is 5.91 Å². The van der Waals surface area contributed by atoms with Crippen molar-refractivity contribution in [3.8, 4) is 0 Å². The van der Waals surface area contributed by atoms with E-state index in [0.29, 0.717) is 11.7 Å². The average molecular weight is 237 g/mol. The van der Waals surface area contributed by atoms with Gasteiger partial charge in [-0.3, -0.25) is 9.89 Å². The molecule has 0 aliphatic carbocycles. The third-order valence-corrected chi connectivity index (χ3v) is 3.33. The van der Waals surface area contributed by atoms with E-state index in [1.807, 2.05) is 7.05 Å². The number of carbonyl (C=O) groups excluding carboxylic acids is 1. The summed E-state index contributed by atoms with van der Waals surface area (Å²) in [5.74, 6) is 0.838. The van der Waals surface area contributed by atoms with Gasteiger partial charge in [-0.15, -0.1) is 0 Å². The lowest BCUT2D eigenvalue weighted by atomic mass is 9.97. The Morgan fingerprint density at radius 1 is 1.59 bits per heavy atom. The molecular formula is C11H19N5O. The van der Waals surface area contributed by atoms with E-state index in [4.69, 9.17) is 0 Å². The SMILES string of the molecule is CN1CCC(CN(C)C(=O)c2ncn[nH]2)CC1. The molecule has 1 N–H and O–H groups in total. The van der Waals surface area contributed by atoms with E-state index in [1.54, 1.807) is 4.90 Å². The van der Waals surface area contributed by atoms with Gasteiger partial charge in [0.2, 0.25) is 5.82 Å². The molecule has 1 aliphatic heterocycles. The van der Waals surface area contributed by atoms with Crippen LogP contribution in [0.2, 0.25) is 0 Å². The topological polar surface area (TPSA) is 65.1 Å². The van der Waals surface area contributed by atoms with Crippen LogP contribution in [0.15, 0.2) is 6.33 Å². The number of aromatic nitrogens is 3. The molecule has 0 bridgehead atoms. The summed E-state index contributed by atoms with van der Waals surface area (Å²) < 4.78 is 0. The van der Waals surface area contributed by atoms with Crippen LogP contribution >= 0.6 is 0 Å². The van der Waals surface area contributed by atoms with Crippen molar-refractivity contribution in [3.05, 3.63) is 12.2 Å². The molecule has 6 nitrogen and oxygen atoms in total. The highest BCUT2D eigenvalue weighted by atomic mass is 16.2. The predicted octanol–water partition coefficient (Wildman–Crippen LogP) is 0.218. The molecule has 6 heteroatoms. The van der Waals surface area contributed by atoms with Crippen molar-refractivity contribution in [3.63, 3.8) is 0 Å². The number of nitrogens with one attached hydrogen (secondary N) is 1. The highest BCUT2D eigenvalue weighted by Gasteiger charge is 2.21. The van der Waals surface area contributed by atoms with Gasteiger partial charge >= 0.3 is 0 Å². The molecule has 1 fully saturated rings. The number of aromatic amines is 1. The van der Waals surface area contributed by atoms with Crippen molar-refractivity contribution >= 4 is 5.91 Å². The normalized spacial score (nSPS) is 18.2. The molecule has 1 aromatic rings. The molecule has 0 aromatic carbocycles. The number of H-pyrrole nitrogens is 1. The number of hydrogen-bond donors (Lipinski definition) is 1. The van der Waals surface area contributed by atoms with Crippen LogP contribution in [0, 0.1) is 5.92 Å². The molecule has 94 valence electrons. The fourth-order valence-electron chi connectivity index (χ4n) is 2.20. The first-order valence-corrected chi connectivity index (χ1v) is 5.96. The van der Waals surface area contributed by atoms with Gasteiger partial charge in [0.15, 0.2) is 0 Å². The number of nitrogens with zero attached hydrogens (tertiary/aromatic N) is 4. The van der Waals surface area contributed by atoms with Crippen LogP contribution in [0.1, 0.15) is 23.5 Å². The van der Waals surface area contributed by atoms with Gasteiger partial charge in [-0.2, -0.15) is 5.10 Å². The molecule has 1 aliphatic rings. The Morgan fingerprint density at radius 2 is 2.29 bits per heavy atom. The second-order valence-corrected chi connectivity index (χ2v) is 4.77. The van der Waals surface area contributed by atoms with E-state index < -0.39 is 0 Å². The predicted molar refractivity (Wildman–Crippen MR) is 63.6 cm³/mol. The zero-order valence-corrected chi connectivity index (χ0v) is 10.4. The van der Waals surface area contributed by atoms with Crippen LogP contribution in [0.3, 0.4) is 0 Å². The fourth-order valence-corrected chi connectivity index (χ4v) is 2.20. The second kappa shape index (κ2) is 5.27. The summed E-state index contributed by atoms with van der Waals surface area (Å²) in [7, 11) is 3.96. The van der Waals surface area contributed by atoms with Crippen molar-refractivity contribution < 1.29 is 4.79 Å². The van der Waals surface area contributed by atoms with Crippen LogP contribution in [-0.2, 0) is 0 Å². The zero-order chi connectivity index (χ0) is 12.3. The van der Waals surface area contributed by atoms with Gasteiger partial charge in [0, 0.05) is 13.6 Å². The summed E-state index contributed by atoms with van der Waals surface area (Å²) in [5.41, 5.74) is 0. The Labute approximate surface area is 101 Å². The lowest BCUT2D eigenvalue weighted by Gasteiger charge is -2.31. The minimum atomic E-state index is -0.0820. The van der Waals surface area contributed by atoms with Gasteiger partial charge in [-0.05, 0) is 38.9 Å². The maximum Gasteiger partial charge on any atom is 0.290 e. The van der Waals surface area contributed by atoms with Gasteiger partial charge < -0.3 is 9.80 Å². The molecule has 1 amide bonds. The van der Waals surface area contributed by atoms with Crippen LogP contribution in [0.4, 0.5) is 0 Å². The number of piperidine rings is 1. The monoisotopic (exact) mass is 237 g/mol. The third-order valence-electron chi connectivity index (χ3n) is 3.33. The minimum absolute atomic E-state index is 0.0820. The third kappa shape index (κ3) is 3.03. The van der Waals surface area contributed by atoms with E-state index >= 15 is 0 Å². The highest BCUT2D eigenvalue weighted by molar-refractivity contribution is 5.90. The standard InChI is InChI=1S/C11H19N5O/c1-15-5-3-9(4-6-15)7-16(2)11(17)10-12-8-13-14-10/h8-9H,3-7H2,1-2H3,(H,12,13,14). The van der Waals surface area contributed by atoms with E-state index in [9.17, 15) is 4.79 Å². The smallest absolute Gasteiger partial charge is 0.290 e. The summed E-state index contributed by atoms with van der Waals surface area (Å²) in [6, 6.07) is 0. The highest BCUT2D eigenvalue weighted by Crippen LogP contribution is 2.17. The van der Waals surface area contributed by atoms with E-state index in [1.165, 1.54) is 6.33 Å². The van der Waals surface area contributed by atoms with Crippen LogP contribution in [0.25, 0.3) is 0 Å². The Balaban J connectivity index is 1.85. The number of hydrogen-bond acceptors (Lipinski definition) is 4. The molecule has 0 unspecified atom stereocenters. The molecule has 0 spiro atoms. The second-order valence-electron chi connectivity index (χ2n) is 4.77. The number of amides is 1. The first-order valence-electron chi connectivity index (χ1n) is 5.96. The molecule has 2 heterocycles. The summed E-state index contributed by atoms with van der Waals surface area (Å²) in [5, 5.41) is 6.29. The maximum absolute atomic E-state index is 11.9. The number of rotatable bonds is 3. The van der Waals surface area contributed by atoms with Crippen molar-refractivity contribution in [2.24, 2.45) is 5.92 Å². The Hall–Kier alpha value is -1.43. The maximum atomic E-state index is 11.9. The lowest BCUT2D eigenvalue weighted by Crippen LogP contribution is -2.38. The Kier molecular flexibility index (Phi) is 3.73. The Morgan fingerprint density at radius 3 is 2.88 bits per heavy atom. The fraction of sp³-hybridized carbons (Fsp3) is 0.727. The summed E-state index contributed by atoms with van der Waals surface area (Å²) in [4.78, 5) is 19.9. The molecule has 1 saturated heterocycles.